The van der Waals surface area contributed by atoms with Crippen molar-refractivity contribution in [2.24, 2.45) is 0 Å². The van der Waals surface area contributed by atoms with E-state index in [0.717, 1.165) is 23.4 Å². The Kier molecular flexibility index (Phi) is 7.24. The van der Waals surface area contributed by atoms with Gasteiger partial charge in [0.2, 0.25) is 5.91 Å². The minimum Gasteiger partial charge on any atom is -0.492 e. The summed E-state index contributed by atoms with van der Waals surface area (Å²) in [6, 6.07) is 12.6. The van der Waals surface area contributed by atoms with Gasteiger partial charge < -0.3 is 10.1 Å². The van der Waals surface area contributed by atoms with Gasteiger partial charge >= 0.3 is 6.18 Å². The number of alkyl halides is 3. The zero-order valence-electron chi connectivity index (χ0n) is 15.3. The number of carbonyl (C=O) groups is 1. The molecule has 0 saturated heterocycles. The topological polar surface area (TPSA) is 41.6 Å². The van der Waals surface area contributed by atoms with Crippen molar-refractivity contribution < 1.29 is 22.7 Å². The largest absolute Gasteiger partial charge is 0.492 e. The van der Waals surface area contributed by atoms with Gasteiger partial charge in [-0.3, -0.25) is 9.69 Å². The number of halogens is 3. The van der Waals surface area contributed by atoms with Crippen molar-refractivity contribution in [1.82, 2.24) is 10.2 Å². The molecule has 146 valence electrons. The number of rotatable bonds is 8. The van der Waals surface area contributed by atoms with Crippen LogP contribution in [0.25, 0.3) is 0 Å². The maximum Gasteiger partial charge on any atom is 0.416 e. The summed E-state index contributed by atoms with van der Waals surface area (Å²) in [6.07, 6.45) is -4.34. The van der Waals surface area contributed by atoms with Crippen LogP contribution in [0.4, 0.5) is 13.2 Å². The number of hydrogen-bond acceptors (Lipinski definition) is 3. The van der Waals surface area contributed by atoms with E-state index in [-0.39, 0.29) is 12.5 Å². The Labute approximate surface area is 156 Å². The van der Waals surface area contributed by atoms with Crippen LogP contribution in [-0.4, -0.2) is 37.6 Å². The molecule has 0 aliphatic rings. The van der Waals surface area contributed by atoms with Crippen LogP contribution in [0, 0.1) is 6.92 Å². The van der Waals surface area contributed by atoms with E-state index < -0.39 is 11.7 Å². The molecule has 0 heterocycles. The first kappa shape index (κ1) is 20.8. The number of nitrogens with zero attached hydrogens (tertiary/aromatic N) is 1. The molecule has 1 amide bonds. The van der Waals surface area contributed by atoms with Gasteiger partial charge in [-0.2, -0.15) is 13.2 Å². The van der Waals surface area contributed by atoms with Crippen molar-refractivity contribution in [1.29, 1.82) is 0 Å². The van der Waals surface area contributed by atoms with Crippen molar-refractivity contribution in [2.75, 3.05) is 26.7 Å². The van der Waals surface area contributed by atoms with E-state index >= 15 is 0 Å². The second kappa shape index (κ2) is 9.41. The number of carbonyl (C=O) groups excluding carboxylic acids is 1. The van der Waals surface area contributed by atoms with Gasteiger partial charge in [-0.25, -0.2) is 0 Å². The lowest BCUT2D eigenvalue weighted by atomic mass is 10.1. The maximum absolute atomic E-state index is 12.6. The Balaban J connectivity index is 1.69. The number of hydrogen-bond donors (Lipinski definition) is 1. The number of nitrogens with one attached hydrogen (secondary N) is 1. The highest BCUT2D eigenvalue weighted by Crippen LogP contribution is 2.29. The molecule has 1 N–H and O–H groups in total. The molecule has 0 aliphatic carbocycles. The van der Waals surface area contributed by atoms with Gasteiger partial charge in [0.05, 0.1) is 18.7 Å². The van der Waals surface area contributed by atoms with Crippen molar-refractivity contribution in [3.8, 4) is 5.75 Å². The zero-order chi connectivity index (χ0) is 19.9. The van der Waals surface area contributed by atoms with E-state index in [1.165, 1.54) is 12.1 Å². The van der Waals surface area contributed by atoms with E-state index in [1.807, 2.05) is 31.2 Å². The summed E-state index contributed by atoms with van der Waals surface area (Å²) in [5.41, 5.74) is 1.13. The zero-order valence-corrected chi connectivity index (χ0v) is 15.3. The standard InChI is InChI=1S/C20H23F3N2O2/c1-15-4-3-5-18(12-15)27-11-10-24-19(26)14-25(2)13-16-6-8-17(9-7-16)20(21,22)23/h3-9,12H,10-11,13-14H2,1-2H3,(H,24,26). The second-order valence-corrected chi connectivity index (χ2v) is 6.38. The number of ether oxygens (including phenoxy) is 1. The predicted molar refractivity (Wildman–Crippen MR) is 97.5 cm³/mol. The summed E-state index contributed by atoms with van der Waals surface area (Å²) in [7, 11) is 1.74. The summed E-state index contributed by atoms with van der Waals surface area (Å²) < 4.78 is 43.2. The molecular weight excluding hydrogens is 357 g/mol. The van der Waals surface area contributed by atoms with Crippen LogP contribution >= 0.6 is 0 Å². The van der Waals surface area contributed by atoms with Crippen LogP contribution in [0.15, 0.2) is 48.5 Å². The summed E-state index contributed by atoms with van der Waals surface area (Å²) in [5.74, 6) is 0.584. The van der Waals surface area contributed by atoms with Crippen molar-refractivity contribution >= 4 is 5.91 Å². The SMILES string of the molecule is Cc1cccc(OCCNC(=O)CN(C)Cc2ccc(C(F)(F)F)cc2)c1. The monoisotopic (exact) mass is 380 g/mol. The highest BCUT2D eigenvalue weighted by Gasteiger charge is 2.29. The Morgan fingerprint density at radius 2 is 1.85 bits per heavy atom. The number of amides is 1. The van der Waals surface area contributed by atoms with Crippen LogP contribution in [0.5, 0.6) is 5.75 Å². The van der Waals surface area contributed by atoms with E-state index in [4.69, 9.17) is 4.74 Å². The van der Waals surface area contributed by atoms with Crippen LogP contribution in [0.2, 0.25) is 0 Å². The highest BCUT2D eigenvalue weighted by atomic mass is 19.4. The van der Waals surface area contributed by atoms with Gasteiger partial charge in [0.1, 0.15) is 12.4 Å². The fraction of sp³-hybridized carbons (Fsp3) is 0.350. The summed E-state index contributed by atoms with van der Waals surface area (Å²) in [6.45, 7) is 3.23. The molecule has 0 radical (unpaired) electrons. The van der Waals surface area contributed by atoms with Crippen molar-refractivity contribution in [2.45, 2.75) is 19.6 Å². The maximum atomic E-state index is 12.6. The first-order valence-electron chi connectivity index (χ1n) is 8.55. The number of likely N-dealkylation sites (N-methyl/N-ethyl adjacent to an activating group) is 1. The van der Waals surface area contributed by atoms with Gasteiger partial charge in [0.25, 0.3) is 0 Å². The first-order valence-corrected chi connectivity index (χ1v) is 8.55. The van der Waals surface area contributed by atoms with E-state index in [1.54, 1.807) is 11.9 Å². The van der Waals surface area contributed by atoms with E-state index in [9.17, 15) is 18.0 Å². The van der Waals surface area contributed by atoms with Crippen LogP contribution < -0.4 is 10.1 Å². The van der Waals surface area contributed by atoms with Crippen molar-refractivity contribution in [3.05, 3.63) is 65.2 Å². The minimum absolute atomic E-state index is 0.144. The summed E-state index contributed by atoms with van der Waals surface area (Å²) in [4.78, 5) is 13.7. The number of benzene rings is 2. The Hall–Kier alpha value is -2.54. The quantitative estimate of drug-likeness (QED) is 0.711. The molecule has 0 unspecified atom stereocenters. The van der Waals surface area contributed by atoms with Gasteiger partial charge in [0, 0.05) is 6.54 Å². The highest BCUT2D eigenvalue weighted by molar-refractivity contribution is 5.77. The third kappa shape index (κ3) is 7.30. The molecule has 2 aromatic carbocycles. The lowest BCUT2D eigenvalue weighted by Crippen LogP contribution is -2.36. The third-order valence-electron chi connectivity index (χ3n) is 3.83. The molecule has 27 heavy (non-hydrogen) atoms. The van der Waals surface area contributed by atoms with Gasteiger partial charge in [0.15, 0.2) is 0 Å². The molecule has 0 bridgehead atoms. The van der Waals surface area contributed by atoms with Crippen LogP contribution in [-0.2, 0) is 17.5 Å². The second-order valence-electron chi connectivity index (χ2n) is 6.38. The molecule has 0 spiro atoms. The molecule has 0 saturated carbocycles. The molecular formula is C20H23F3N2O2. The smallest absolute Gasteiger partial charge is 0.416 e. The average molecular weight is 380 g/mol. The fourth-order valence-electron chi connectivity index (χ4n) is 2.53. The molecule has 2 aromatic rings. The predicted octanol–water partition coefficient (Wildman–Crippen LogP) is 3.64. The van der Waals surface area contributed by atoms with Crippen LogP contribution in [0.1, 0.15) is 16.7 Å². The number of aryl methyl sites for hydroxylation is 1. The summed E-state index contributed by atoms with van der Waals surface area (Å²) >= 11 is 0. The molecule has 0 fully saturated rings. The minimum atomic E-state index is -4.34. The molecule has 0 aromatic heterocycles. The van der Waals surface area contributed by atoms with Gasteiger partial charge in [-0.1, -0.05) is 24.3 Å². The molecule has 0 aliphatic heterocycles. The van der Waals surface area contributed by atoms with E-state index in [0.29, 0.717) is 25.3 Å². The Morgan fingerprint density at radius 3 is 2.48 bits per heavy atom. The van der Waals surface area contributed by atoms with Gasteiger partial charge in [-0.05, 0) is 49.4 Å². The van der Waals surface area contributed by atoms with E-state index in [2.05, 4.69) is 5.32 Å². The molecule has 2 rings (SSSR count). The Bertz CT molecular complexity index is 746. The molecule has 7 heteroatoms. The lowest BCUT2D eigenvalue weighted by Gasteiger charge is -2.17. The summed E-state index contributed by atoms with van der Waals surface area (Å²) in [5, 5.41) is 2.76. The lowest BCUT2D eigenvalue weighted by molar-refractivity contribution is -0.137. The average Bonchev–Trinajstić information content (AvgIpc) is 2.58. The first-order chi connectivity index (χ1) is 12.7. The van der Waals surface area contributed by atoms with Gasteiger partial charge in [-0.15, -0.1) is 0 Å². The third-order valence-corrected chi connectivity index (χ3v) is 3.83. The fourth-order valence-corrected chi connectivity index (χ4v) is 2.53. The molecule has 0 atom stereocenters. The normalized spacial score (nSPS) is 11.5. The van der Waals surface area contributed by atoms with Crippen LogP contribution in [0.3, 0.4) is 0 Å². The Morgan fingerprint density at radius 1 is 1.15 bits per heavy atom. The molecule has 4 nitrogen and oxygen atoms in total. The van der Waals surface area contributed by atoms with Crippen molar-refractivity contribution in [3.63, 3.8) is 0 Å².